The van der Waals surface area contributed by atoms with Crippen molar-refractivity contribution in [2.24, 2.45) is 11.3 Å². The van der Waals surface area contributed by atoms with E-state index in [1.807, 2.05) is 0 Å². The summed E-state index contributed by atoms with van der Waals surface area (Å²) in [6.07, 6.45) is 1.72. The third-order valence-corrected chi connectivity index (χ3v) is 2.45. The summed E-state index contributed by atoms with van der Waals surface area (Å²) >= 11 is 6.69. The van der Waals surface area contributed by atoms with E-state index in [-0.39, 0.29) is 0 Å². The Balaban J connectivity index is 0.000000310. The molecule has 5 heteroatoms. The predicted octanol–water partition coefficient (Wildman–Crippen LogP) is 3.89. The van der Waals surface area contributed by atoms with Crippen molar-refractivity contribution in [1.82, 2.24) is 0 Å². The van der Waals surface area contributed by atoms with Crippen molar-refractivity contribution in [2.75, 3.05) is 0 Å². The molecular formula is C8H12Br2O3. The smallest absolute Gasteiger partial charge is 0.450 e. The molecule has 1 fully saturated rings. The van der Waals surface area contributed by atoms with E-state index >= 15 is 0 Å². The Labute approximate surface area is 94.1 Å². The fraction of sp³-hybridized carbons (Fsp3) is 0.625. The molecule has 0 aromatic rings. The Morgan fingerprint density at radius 2 is 1.77 bits per heavy atom. The molecular weight excluding hydrogens is 304 g/mol. The van der Waals surface area contributed by atoms with Crippen LogP contribution in [0, 0.1) is 11.3 Å². The first-order valence-corrected chi connectivity index (χ1v) is 5.29. The Morgan fingerprint density at radius 3 is 1.85 bits per heavy atom. The SMILES string of the molecule is CC1(C)C[C@H]1C=C(Br)Br.O=C(O)O. The lowest BCUT2D eigenvalue weighted by Gasteiger charge is -1.95. The van der Waals surface area contributed by atoms with Crippen molar-refractivity contribution in [3.05, 3.63) is 9.47 Å². The number of hydrogen-bond acceptors (Lipinski definition) is 1. The molecule has 1 saturated carbocycles. The van der Waals surface area contributed by atoms with Gasteiger partial charge in [-0.15, -0.1) is 0 Å². The number of halogens is 2. The molecule has 0 radical (unpaired) electrons. The second kappa shape index (κ2) is 5.00. The molecule has 1 atom stereocenters. The van der Waals surface area contributed by atoms with Crippen LogP contribution in [0.1, 0.15) is 20.3 Å². The standard InChI is InChI=1S/C7H10Br2.CH2O3/c1-7(2)4-5(7)3-6(8)9;2-1(3)4/h3,5H,4H2,1-2H3;(H2,2,3,4)/t5-;/m1./s1. The van der Waals surface area contributed by atoms with E-state index in [1.165, 1.54) is 6.42 Å². The van der Waals surface area contributed by atoms with Crippen molar-refractivity contribution in [1.29, 1.82) is 0 Å². The van der Waals surface area contributed by atoms with E-state index < -0.39 is 6.16 Å². The van der Waals surface area contributed by atoms with E-state index in [9.17, 15) is 0 Å². The van der Waals surface area contributed by atoms with Gasteiger partial charge in [0.1, 0.15) is 0 Å². The summed E-state index contributed by atoms with van der Waals surface area (Å²) in [5.41, 5.74) is 0.562. The molecule has 0 spiro atoms. The number of rotatable bonds is 1. The molecule has 13 heavy (non-hydrogen) atoms. The lowest BCUT2D eigenvalue weighted by molar-refractivity contribution is 0.137. The second-order valence-corrected chi connectivity index (χ2v) is 6.31. The molecule has 0 saturated heterocycles. The van der Waals surface area contributed by atoms with Gasteiger partial charge in [0, 0.05) is 0 Å². The third kappa shape index (κ3) is 7.07. The molecule has 0 unspecified atom stereocenters. The topological polar surface area (TPSA) is 57.5 Å². The Bertz CT molecular complexity index is 215. The summed E-state index contributed by atoms with van der Waals surface area (Å²) < 4.78 is 1.09. The van der Waals surface area contributed by atoms with Gasteiger partial charge in [-0.05, 0) is 49.6 Å². The monoisotopic (exact) mass is 314 g/mol. The first-order valence-electron chi connectivity index (χ1n) is 3.70. The molecule has 0 aliphatic heterocycles. The fourth-order valence-corrected chi connectivity index (χ4v) is 1.58. The molecule has 0 amide bonds. The highest BCUT2D eigenvalue weighted by atomic mass is 79.9. The zero-order chi connectivity index (χ0) is 10.6. The minimum atomic E-state index is -1.83. The van der Waals surface area contributed by atoms with Gasteiger partial charge in [-0.1, -0.05) is 19.9 Å². The van der Waals surface area contributed by atoms with Gasteiger partial charge in [0.05, 0.1) is 3.39 Å². The van der Waals surface area contributed by atoms with Crippen molar-refractivity contribution in [3.63, 3.8) is 0 Å². The van der Waals surface area contributed by atoms with Gasteiger partial charge >= 0.3 is 6.16 Å². The predicted molar refractivity (Wildman–Crippen MR) is 58.5 cm³/mol. The van der Waals surface area contributed by atoms with Crippen LogP contribution in [0.4, 0.5) is 4.79 Å². The van der Waals surface area contributed by atoms with Gasteiger partial charge in [-0.25, -0.2) is 4.79 Å². The Hall–Kier alpha value is -0.0300. The van der Waals surface area contributed by atoms with Crippen LogP contribution < -0.4 is 0 Å². The third-order valence-electron chi connectivity index (χ3n) is 1.92. The normalized spacial score (nSPS) is 22.3. The highest BCUT2D eigenvalue weighted by molar-refractivity contribution is 9.28. The molecule has 0 aromatic carbocycles. The zero-order valence-corrected chi connectivity index (χ0v) is 10.6. The van der Waals surface area contributed by atoms with Crippen molar-refractivity contribution >= 4 is 38.0 Å². The van der Waals surface area contributed by atoms with Crippen molar-refractivity contribution in [3.8, 4) is 0 Å². The van der Waals surface area contributed by atoms with Crippen molar-refractivity contribution in [2.45, 2.75) is 20.3 Å². The van der Waals surface area contributed by atoms with Crippen LogP contribution in [-0.4, -0.2) is 16.4 Å². The van der Waals surface area contributed by atoms with Gasteiger partial charge in [-0.2, -0.15) is 0 Å². The zero-order valence-electron chi connectivity index (χ0n) is 7.42. The molecule has 3 nitrogen and oxygen atoms in total. The molecule has 0 aromatic heterocycles. The molecule has 1 rings (SSSR count). The molecule has 1 aliphatic carbocycles. The van der Waals surface area contributed by atoms with E-state index in [2.05, 4.69) is 51.8 Å². The molecule has 76 valence electrons. The summed E-state index contributed by atoms with van der Waals surface area (Å²) in [7, 11) is 0. The maximum atomic E-state index is 8.56. The van der Waals surface area contributed by atoms with E-state index in [0.717, 1.165) is 9.31 Å². The van der Waals surface area contributed by atoms with Crippen LogP contribution in [0.5, 0.6) is 0 Å². The largest absolute Gasteiger partial charge is 0.503 e. The van der Waals surface area contributed by atoms with Gasteiger partial charge in [0.25, 0.3) is 0 Å². The van der Waals surface area contributed by atoms with Crippen LogP contribution in [0.2, 0.25) is 0 Å². The fourth-order valence-electron chi connectivity index (χ4n) is 0.944. The highest BCUT2D eigenvalue weighted by Gasteiger charge is 2.43. The van der Waals surface area contributed by atoms with Gasteiger partial charge in [-0.3, -0.25) is 0 Å². The summed E-state index contributed by atoms with van der Waals surface area (Å²) in [6.45, 7) is 4.58. The van der Waals surface area contributed by atoms with Crippen LogP contribution in [0.15, 0.2) is 9.47 Å². The minimum absolute atomic E-state index is 0.562. The first-order chi connectivity index (χ1) is 5.75. The number of carboxylic acid groups (broad SMARTS) is 2. The highest BCUT2D eigenvalue weighted by Crippen LogP contribution is 2.53. The molecule has 0 heterocycles. The Kier molecular flexibility index (Phi) is 4.99. The van der Waals surface area contributed by atoms with E-state index in [4.69, 9.17) is 15.0 Å². The van der Waals surface area contributed by atoms with Crippen molar-refractivity contribution < 1.29 is 15.0 Å². The molecule has 0 bridgehead atoms. The summed E-state index contributed by atoms with van der Waals surface area (Å²) in [5.74, 6) is 0.784. The lowest BCUT2D eigenvalue weighted by Crippen LogP contribution is -1.85. The van der Waals surface area contributed by atoms with Crippen LogP contribution in [0.25, 0.3) is 0 Å². The minimum Gasteiger partial charge on any atom is -0.450 e. The average Bonchev–Trinajstić information content (AvgIpc) is 2.34. The molecule has 2 N–H and O–H groups in total. The van der Waals surface area contributed by atoms with Gasteiger partial charge < -0.3 is 10.2 Å². The molecule has 1 aliphatic rings. The average molecular weight is 316 g/mol. The van der Waals surface area contributed by atoms with Crippen LogP contribution >= 0.6 is 31.9 Å². The maximum Gasteiger partial charge on any atom is 0.503 e. The number of allylic oxidation sites excluding steroid dienone is 1. The number of hydrogen-bond donors (Lipinski definition) is 2. The Morgan fingerprint density at radius 1 is 1.46 bits per heavy atom. The number of carbonyl (C=O) groups is 1. The summed E-state index contributed by atoms with van der Waals surface area (Å²) in [4.78, 5) is 8.56. The van der Waals surface area contributed by atoms with Gasteiger partial charge in [0.2, 0.25) is 0 Å². The van der Waals surface area contributed by atoms with E-state index in [1.54, 1.807) is 0 Å². The summed E-state index contributed by atoms with van der Waals surface area (Å²) in [5, 5.41) is 13.9. The van der Waals surface area contributed by atoms with Crippen LogP contribution in [0.3, 0.4) is 0 Å². The quantitative estimate of drug-likeness (QED) is 0.772. The maximum absolute atomic E-state index is 8.56. The summed E-state index contributed by atoms with van der Waals surface area (Å²) in [6, 6.07) is 0. The second-order valence-electron chi connectivity index (χ2n) is 3.54. The van der Waals surface area contributed by atoms with Crippen LogP contribution in [-0.2, 0) is 0 Å². The van der Waals surface area contributed by atoms with E-state index in [0.29, 0.717) is 5.41 Å². The van der Waals surface area contributed by atoms with Gasteiger partial charge in [0.15, 0.2) is 0 Å². The first kappa shape index (κ1) is 13.0. The lowest BCUT2D eigenvalue weighted by atomic mass is 10.1.